The molecule has 1 fully saturated rings. The Morgan fingerprint density at radius 2 is 2.10 bits per heavy atom. The number of benzene rings is 1. The molecular weight excluding hydrogens is 272 g/mol. The van der Waals surface area contributed by atoms with Crippen LogP contribution in [0.2, 0.25) is 0 Å². The highest BCUT2D eigenvalue weighted by Crippen LogP contribution is 2.36. The summed E-state index contributed by atoms with van der Waals surface area (Å²) in [4.78, 5) is 0. The molecule has 0 aromatic heterocycles. The molecule has 0 unspecified atom stereocenters. The van der Waals surface area contributed by atoms with E-state index in [-0.39, 0.29) is 37.6 Å². The summed E-state index contributed by atoms with van der Waals surface area (Å²) >= 11 is 0. The predicted octanol–water partition coefficient (Wildman–Crippen LogP) is 1.96. The van der Waals surface area contributed by atoms with Crippen molar-refractivity contribution in [3.8, 4) is 11.5 Å². The molecule has 0 radical (unpaired) electrons. The first-order valence-corrected chi connectivity index (χ1v) is 7.44. The van der Waals surface area contributed by atoms with Crippen molar-refractivity contribution < 1.29 is 24.1 Å². The van der Waals surface area contributed by atoms with Gasteiger partial charge in [-0.15, -0.1) is 0 Å². The number of hydrogen-bond donors (Lipinski definition) is 1. The number of fused-ring (bicyclic) bond motifs is 1. The summed E-state index contributed by atoms with van der Waals surface area (Å²) in [6.45, 7) is 4.92. The van der Waals surface area contributed by atoms with Gasteiger partial charge in [0.1, 0.15) is 0 Å². The van der Waals surface area contributed by atoms with Gasteiger partial charge in [0, 0.05) is 5.92 Å². The van der Waals surface area contributed by atoms with Gasteiger partial charge >= 0.3 is 0 Å². The summed E-state index contributed by atoms with van der Waals surface area (Å²) in [5, 5.41) is 9.65. The van der Waals surface area contributed by atoms with Crippen LogP contribution >= 0.6 is 0 Å². The zero-order valence-electron chi connectivity index (χ0n) is 12.5. The van der Waals surface area contributed by atoms with Gasteiger partial charge in [0.15, 0.2) is 17.8 Å². The van der Waals surface area contributed by atoms with Gasteiger partial charge in [-0.05, 0) is 43.9 Å². The van der Waals surface area contributed by atoms with E-state index in [9.17, 15) is 5.11 Å². The minimum atomic E-state index is -0.311. The molecule has 0 amide bonds. The first-order valence-electron chi connectivity index (χ1n) is 7.44. The number of aliphatic hydroxyl groups excluding tert-OH is 1. The molecule has 21 heavy (non-hydrogen) atoms. The molecular formula is C16H22O5. The van der Waals surface area contributed by atoms with Gasteiger partial charge in [0.2, 0.25) is 6.79 Å². The van der Waals surface area contributed by atoms with E-state index < -0.39 is 0 Å². The second kappa shape index (κ2) is 6.22. The van der Waals surface area contributed by atoms with Crippen LogP contribution in [0.4, 0.5) is 0 Å². The summed E-state index contributed by atoms with van der Waals surface area (Å²) in [7, 11) is 0. The summed E-state index contributed by atoms with van der Waals surface area (Å²) in [6.07, 6.45) is 0.613. The lowest BCUT2D eigenvalue weighted by atomic mass is 9.89. The fourth-order valence-electron chi connectivity index (χ4n) is 2.91. The van der Waals surface area contributed by atoms with Crippen LogP contribution in [0.3, 0.4) is 0 Å². The van der Waals surface area contributed by atoms with Crippen molar-refractivity contribution in [1.82, 2.24) is 0 Å². The maximum atomic E-state index is 9.65. The third kappa shape index (κ3) is 3.15. The Morgan fingerprint density at radius 1 is 1.29 bits per heavy atom. The summed E-state index contributed by atoms with van der Waals surface area (Å²) in [6, 6.07) is 5.98. The van der Waals surface area contributed by atoms with Crippen molar-refractivity contribution >= 4 is 0 Å². The molecule has 1 aromatic rings. The highest BCUT2D eigenvalue weighted by Gasteiger charge is 2.38. The molecule has 0 spiro atoms. The van der Waals surface area contributed by atoms with Crippen molar-refractivity contribution in [3.05, 3.63) is 23.8 Å². The van der Waals surface area contributed by atoms with Crippen LogP contribution in [-0.2, 0) is 15.9 Å². The van der Waals surface area contributed by atoms with E-state index >= 15 is 0 Å². The monoisotopic (exact) mass is 294 g/mol. The minimum Gasteiger partial charge on any atom is -0.454 e. The Bertz CT molecular complexity index is 488. The van der Waals surface area contributed by atoms with E-state index in [1.807, 2.05) is 32.0 Å². The molecule has 116 valence electrons. The summed E-state index contributed by atoms with van der Waals surface area (Å²) in [5.41, 5.74) is 1.16. The highest BCUT2D eigenvalue weighted by atomic mass is 16.7. The van der Waals surface area contributed by atoms with Crippen molar-refractivity contribution in [2.24, 2.45) is 11.8 Å². The molecule has 5 heteroatoms. The van der Waals surface area contributed by atoms with E-state index in [4.69, 9.17) is 18.9 Å². The largest absolute Gasteiger partial charge is 0.454 e. The van der Waals surface area contributed by atoms with Gasteiger partial charge in [0.25, 0.3) is 0 Å². The Labute approximate surface area is 124 Å². The lowest BCUT2D eigenvalue weighted by Crippen LogP contribution is -2.29. The maximum absolute atomic E-state index is 9.65. The average molecular weight is 294 g/mol. The second-order valence-corrected chi connectivity index (χ2v) is 5.88. The zero-order chi connectivity index (χ0) is 14.8. The molecule has 0 saturated carbocycles. The van der Waals surface area contributed by atoms with Gasteiger partial charge in [-0.2, -0.15) is 0 Å². The second-order valence-electron chi connectivity index (χ2n) is 5.88. The third-order valence-corrected chi connectivity index (χ3v) is 3.98. The van der Waals surface area contributed by atoms with Gasteiger partial charge in [-0.3, -0.25) is 0 Å². The average Bonchev–Trinajstić information content (AvgIpc) is 3.04. The van der Waals surface area contributed by atoms with Crippen LogP contribution < -0.4 is 9.47 Å². The maximum Gasteiger partial charge on any atom is 0.231 e. The fraction of sp³-hybridized carbons (Fsp3) is 0.625. The topological polar surface area (TPSA) is 57.2 Å². The lowest BCUT2D eigenvalue weighted by Gasteiger charge is -2.22. The first kappa shape index (κ1) is 14.6. The standard InChI is InChI=1S/C16H22O5/c1-10(2)21-16-13(7-17)12(8-18-16)5-11-3-4-14-15(6-11)20-9-19-14/h3-4,6,10,12-13,16-17H,5,7-9H2,1-2H3/t12-,13+,16+/m0/s1. The van der Waals surface area contributed by atoms with E-state index in [0.717, 1.165) is 23.5 Å². The van der Waals surface area contributed by atoms with Crippen LogP contribution in [0.5, 0.6) is 11.5 Å². The van der Waals surface area contributed by atoms with Crippen molar-refractivity contribution in [2.75, 3.05) is 20.0 Å². The molecule has 2 aliphatic heterocycles. The number of hydrogen-bond acceptors (Lipinski definition) is 5. The normalized spacial score (nSPS) is 27.5. The minimum absolute atomic E-state index is 0.0119. The molecule has 5 nitrogen and oxygen atoms in total. The third-order valence-electron chi connectivity index (χ3n) is 3.98. The predicted molar refractivity (Wildman–Crippen MR) is 76.3 cm³/mol. The van der Waals surface area contributed by atoms with Crippen LogP contribution in [0.1, 0.15) is 19.4 Å². The Balaban J connectivity index is 1.67. The molecule has 3 atom stereocenters. The van der Waals surface area contributed by atoms with E-state index in [1.165, 1.54) is 0 Å². The Hall–Kier alpha value is -1.30. The molecule has 0 aliphatic carbocycles. The van der Waals surface area contributed by atoms with Crippen molar-refractivity contribution in [3.63, 3.8) is 0 Å². The number of aliphatic hydroxyl groups is 1. The van der Waals surface area contributed by atoms with Gasteiger partial charge < -0.3 is 24.1 Å². The SMILES string of the molecule is CC(C)O[C@H]1OC[C@H](Cc2ccc3c(c2)OCO3)[C@H]1CO. The number of ether oxygens (including phenoxy) is 4. The lowest BCUT2D eigenvalue weighted by molar-refractivity contribution is -0.158. The van der Waals surface area contributed by atoms with E-state index in [0.29, 0.717) is 6.61 Å². The molecule has 2 aliphatic rings. The van der Waals surface area contributed by atoms with Crippen molar-refractivity contribution in [1.29, 1.82) is 0 Å². The van der Waals surface area contributed by atoms with Crippen LogP contribution in [0, 0.1) is 11.8 Å². The Morgan fingerprint density at radius 3 is 2.86 bits per heavy atom. The van der Waals surface area contributed by atoms with Crippen LogP contribution in [0.15, 0.2) is 18.2 Å². The number of rotatable bonds is 5. The molecule has 0 bridgehead atoms. The van der Waals surface area contributed by atoms with Gasteiger partial charge in [-0.1, -0.05) is 6.07 Å². The quantitative estimate of drug-likeness (QED) is 0.899. The fourth-order valence-corrected chi connectivity index (χ4v) is 2.91. The van der Waals surface area contributed by atoms with E-state index in [2.05, 4.69) is 0 Å². The first-order chi connectivity index (χ1) is 10.2. The molecule has 1 N–H and O–H groups in total. The van der Waals surface area contributed by atoms with Gasteiger partial charge in [0.05, 0.1) is 19.3 Å². The van der Waals surface area contributed by atoms with Crippen LogP contribution in [-0.4, -0.2) is 37.5 Å². The smallest absolute Gasteiger partial charge is 0.231 e. The van der Waals surface area contributed by atoms with E-state index in [1.54, 1.807) is 0 Å². The Kier molecular flexibility index (Phi) is 4.33. The molecule has 2 heterocycles. The van der Waals surface area contributed by atoms with Crippen LogP contribution in [0.25, 0.3) is 0 Å². The zero-order valence-corrected chi connectivity index (χ0v) is 12.5. The summed E-state index contributed by atoms with van der Waals surface area (Å²) in [5.74, 6) is 1.85. The molecule has 1 saturated heterocycles. The van der Waals surface area contributed by atoms with Gasteiger partial charge in [-0.25, -0.2) is 0 Å². The molecule has 3 rings (SSSR count). The summed E-state index contributed by atoms with van der Waals surface area (Å²) < 4.78 is 22.2. The highest BCUT2D eigenvalue weighted by molar-refractivity contribution is 5.44. The van der Waals surface area contributed by atoms with Crippen molar-refractivity contribution in [2.45, 2.75) is 32.7 Å². The molecule has 1 aromatic carbocycles.